The van der Waals surface area contributed by atoms with E-state index in [1.165, 1.54) is 30.3 Å². The summed E-state index contributed by atoms with van der Waals surface area (Å²) in [7, 11) is -1.66. The lowest BCUT2D eigenvalue weighted by Gasteiger charge is -2.11. The number of nitrogens with one attached hydrogen (secondary N) is 1. The Hall–Kier alpha value is -1.24. The number of rotatable bonds is 3. The van der Waals surface area contributed by atoms with Crippen LogP contribution < -0.4 is 10.8 Å². The molecule has 2 aromatic carbocycles. The number of hydrogen-bond donors (Lipinski definition) is 3. The topological polar surface area (TPSA) is 69.6 Å². The molecule has 1 amide bonds. The van der Waals surface area contributed by atoms with Gasteiger partial charge in [0.15, 0.2) is 0 Å². The van der Waals surface area contributed by atoms with Crippen molar-refractivity contribution in [3.05, 3.63) is 57.0 Å². The van der Waals surface area contributed by atoms with Gasteiger partial charge in [0.05, 0.1) is 26.3 Å². The van der Waals surface area contributed by atoms with E-state index in [2.05, 4.69) is 5.32 Å². The van der Waals surface area contributed by atoms with Crippen molar-refractivity contribution in [2.75, 3.05) is 5.32 Å². The average Bonchev–Trinajstić information content (AvgIpc) is 2.40. The summed E-state index contributed by atoms with van der Waals surface area (Å²) in [6.07, 6.45) is 0. The zero-order valence-electron chi connectivity index (χ0n) is 10.5. The molecule has 4 nitrogen and oxygen atoms in total. The molecule has 0 heterocycles. The lowest BCUT2D eigenvalue weighted by Crippen LogP contribution is -2.30. The molecule has 0 aliphatic carbocycles. The Morgan fingerprint density at radius 3 is 2.19 bits per heavy atom. The second-order valence-electron chi connectivity index (χ2n) is 4.16. The van der Waals surface area contributed by atoms with Crippen LogP contribution in [0.15, 0.2) is 36.4 Å². The van der Waals surface area contributed by atoms with Crippen LogP contribution in [-0.4, -0.2) is 23.1 Å². The summed E-state index contributed by atoms with van der Waals surface area (Å²) < 4.78 is 0. The monoisotopic (exact) mass is 343 g/mol. The summed E-state index contributed by atoms with van der Waals surface area (Å²) in [5, 5.41) is 21.5. The summed E-state index contributed by atoms with van der Waals surface area (Å²) in [5.74, 6) is -0.544. The number of amides is 1. The van der Waals surface area contributed by atoms with Gasteiger partial charge in [0.2, 0.25) is 0 Å². The summed E-state index contributed by atoms with van der Waals surface area (Å²) >= 11 is 17.9. The van der Waals surface area contributed by atoms with Gasteiger partial charge in [0, 0.05) is 0 Å². The molecule has 0 spiro atoms. The summed E-state index contributed by atoms with van der Waals surface area (Å²) in [5.41, 5.74) is 0.537. The predicted octanol–water partition coefficient (Wildman–Crippen LogP) is 2.58. The van der Waals surface area contributed by atoms with Gasteiger partial charge in [0.1, 0.15) is 0 Å². The zero-order valence-corrected chi connectivity index (χ0v) is 12.7. The number of carbonyl (C=O) groups is 1. The number of hydrogen-bond acceptors (Lipinski definition) is 3. The van der Waals surface area contributed by atoms with Gasteiger partial charge in [-0.2, -0.15) is 0 Å². The lowest BCUT2D eigenvalue weighted by atomic mass is 9.80. The van der Waals surface area contributed by atoms with Crippen LogP contribution in [0.2, 0.25) is 15.1 Å². The maximum Gasteiger partial charge on any atom is 0.488 e. The highest BCUT2D eigenvalue weighted by Gasteiger charge is 2.18. The molecule has 2 rings (SSSR count). The van der Waals surface area contributed by atoms with Gasteiger partial charge in [-0.15, -0.1) is 0 Å². The predicted molar refractivity (Wildman–Crippen MR) is 85.7 cm³/mol. The summed E-state index contributed by atoms with van der Waals surface area (Å²) in [4.78, 5) is 12.2. The highest BCUT2D eigenvalue weighted by Crippen LogP contribution is 2.27. The standard InChI is InChI=1S/C13H9BCl3NO3/c15-8-5-4-7(14(20)21)6-11(8)18-13(19)12-9(16)2-1-3-10(12)17/h1-6,20-21H,(H,18,19). The molecular weight excluding hydrogens is 335 g/mol. The van der Waals surface area contributed by atoms with E-state index in [9.17, 15) is 4.79 Å². The molecule has 21 heavy (non-hydrogen) atoms. The molecule has 0 aromatic heterocycles. The normalized spacial score (nSPS) is 10.3. The van der Waals surface area contributed by atoms with E-state index in [-0.39, 0.29) is 31.8 Å². The molecule has 0 saturated carbocycles. The van der Waals surface area contributed by atoms with Gasteiger partial charge in [-0.1, -0.05) is 46.9 Å². The minimum atomic E-state index is -1.66. The molecule has 0 aliphatic heterocycles. The van der Waals surface area contributed by atoms with E-state index in [0.717, 1.165) is 0 Å². The van der Waals surface area contributed by atoms with Gasteiger partial charge in [-0.3, -0.25) is 4.79 Å². The fourth-order valence-electron chi connectivity index (χ4n) is 1.70. The molecule has 8 heteroatoms. The van der Waals surface area contributed by atoms with Crippen molar-refractivity contribution < 1.29 is 14.8 Å². The van der Waals surface area contributed by atoms with Gasteiger partial charge in [0.25, 0.3) is 5.91 Å². The molecule has 0 saturated heterocycles. The van der Waals surface area contributed by atoms with Crippen LogP contribution in [0.5, 0.6) is 0 Å². The molecule has 0 unspecified atom stereocenters. The third-order valence-corrected chi connectivity index (χ3v) is 3.69. The third-order valence-electron chi connectivity index (χ3n) is 2.73. The molecule has 2 aromatic rings. The lowest BCUT2D eigenvalue weighted by molar-refractivity contribution is 0.102. The first-order valence-corrected chi connectivity index (χ1v) is 6.94. The van der Waals surface area contributed by atoms with E-state index < -0.39 is 13.0 Å². The second-order valence-corrected chi connectivity index (χ2v) is 5.39. The zero-order chi connectivity index (χ0) is 15.6. The number of anilines is 1. The Morgan fingerprint density at radius 1 is 1.00 bits per heavy atom. The van der Waals surface area contributed by atoms with Crippen LogP contribution >= 0.6 is 34.8 Å². The van der Waals surface area contributed by atoms with Crippen molar-refractivity contribution in [3.63, 3.8) is 0 Å². The van der Waals surface area contributed by atoms with Crippen molar-refractivity contribution >= 4 is 59.0 Å². The first-order chi connectivity index (χ1) is 9.90. The number of halogens is 3. The maximum atomic E-state index is 12.2. The fraction of sp³-hybridized carbons (Fsp3) is 0. The van der Waals surface area contributed by atoms with Gasteiger partial charge < -0.3 is 15.4 Å². The van der Waals surface area contributed by atoms with Crippen molar-refractivity contribution in [1.29, 1.82) is 0 Å². The molecule has 0 fully saturated rings. The maximum absolute atomic E-state index is 12.2. The van der Waals surface area contributed by atoms with Crippen LogP contribution in [0.1, 0.15) is 10.4 Å². The quantitative estimate of drug-likeness (QED) is 0.750. The van der Waals surface area contributed by atoms with E-state index >= 15 is 0 Å². The van der Waals surface area contributed by atoms with E-state index in [4.69, 9.17) is 44.9 Å². The highest BCUT2D eigenvalue weighted by atomic mass is 35.5. The molecule has 0 bridgehead atoms. The highest BCUT2D eigenvalue weighted by molar-refractivity contribution is 6.59. The van der Waals surface area contributed by atoms with E-state index in [0.29, 0.717) is 0 Å². The van der Waals surface area contributed by atoms with Crippen LogP contribution in [0, 0.1) is 0 Å². The number of benzene rings is 2. The molecule has 0 atom stereocenters. The Kier molecular flexibility index (Phi) is 5.14. The SMILES string of the molecule is O=C(Nc1cc(B(O)O)ccc1Cl)c1c(Cl)cccc1Cl. The summed E-state index contributed by atoms with van der Waals surface area (Å²) in [6.45, 7) is 0. The first kappa shape index (κ1) is 16.1. The minimum Gasteiger partial charge on any atom is -0.423 e. The average molecular weight is 344 g/mol. The molecule has 0 radical (unpaired) electrons. The van der Waals surface area contributed by atoms with Gasteiger partial charge >= 0.3 is 7.12 Å². The largest absolute Gasteiger partial charge is 0.488 e. The Labute approximate surface area is 136 Å². The smallest absolute Gasteiger partial charge is 0.423 e. The third kappa shape index (κ3) is 3.70. The van der Waals surface area contributed by atoms with E-state index in [1.54, 1.807) is 6.07 Å². The van der Waals surface area contributed by atoms with Crippen molar-refractivity contribution in [1.82, 2.24) is 0 Å². The van der Waals surface area contributed by atoms with Crippen molar-refractivity contribution in [2.24, 2.45) is 0 Å². The van der Waals surface area contributed by atoms with Crippen LogP contribution in [0.4, 0.5) is 5.69 Å². The van der Waals surface area contributed by atoms with Gasteiger partial charge in [-0.05, 0) is 29.7 Å². The Morgan fingerprint density at radius 2 is 1.62 bits per heavy atom. The Bertz CT molecular complexity index is 674. The van der Waals surface area contributed by atoms with Crippen LogP contribution in [0.25, 0.3) is 0 Å². The number of carbonyl (C=O) groups excluding carboxylic acids is 1. The summed E-state index contributed by atoms with van der Waals surface area (Å²) in [6, 6.07) is 8.94. The van der Waals surface area contributed by atoms with Crippen molar-refractivity contribution in [3.8, 4) is 0 Å². The molecular formula is C13H9BCl3NO3. The van der Waals surface area contributed by atoms with Crippen LogP contribution in [0.3, 0.4) is 0 Å². The first-order valence-electron chi connectivity index (χ1n) is 5.81. The molecule has 0 aliphatic rings. The van der Waals surface area contributed by atoms with Crippen molar-refractivity contribution in [2.45, 2.75) is 0 Å². The minimum absolute atomic E-state index is 0.117. The molecule has 108 valence electrons. The Balaban J connectivity index is 2.34. The van der Waals surface area contributed by atoms with E-state index in [1.807, 2.05) is 0 Å². The van der Waals surface area contributed by atoms with Gasteiger partial charge in [-0.25, -0.2) is 0 Å². The second kappa shape index (κ2) is 6.68. The van der Waals surface area contributed by atoms with Crippen LogP contribution in [-0.2, 0) is 0 Å². The molecule has 3 N–H and O–H groups in total. The fourth-order valence-corrected chi connectivity index (χ4v) is 2.43.